The van der Waals surface area contributed by atoms with Gasteiger partial charge in [0.2, 0.25) is 0 Å². The van der Waals surface area contributed by atoms with Gasteiger partial charge in [0.15, 0.2) is 10.3 Å². The summed E-state index contributed by atoms with van der Waals surface area (Å²) < 4.78 is 2.21. The Balaban J connectivity index is 0.000000141. The number of halogens is 2. The number of anilines is 2. The molecule has 0 bridgehead atoms. The van der Waals surface area contributed by atoms with Gasteiger partial charge in [0, 0.05) is 52.4 Å². The van der Waals surface area contributed by atoms with Crippen LogP contribution in [0.3, 0.4) is 0 Å². The lowest BCUT2D eigenvalue weighted by Gasteiger charge is -2.26. The molecule has 4 heterocycles. The minimum absolute atomic E-state index is 1.07. The molecule has 0 saturated carbocycles. The van der Waals surface area contributed by atoms with Crippen molar-refractivity contribution in [1.29, 1.82) is 0 Å². The standard InChI is InChI=1S/2C7H10BrN3S/c2*8-6-5-10-7(12-6)11-3-1-9-2-4-11/h2*5,9H,1-4H2. The number of rotatable bonds is 2. The summed E-state index contributed by atoms with van der Waals surface area (Å²) in [5.74, 6) is 0. The maximum absolute atomic E-state index is 4.31. The van der Waals surface area contributed by atoms with Gasteiger partial charge in [0.1, 0.15) is 0 Å². The van der Waals surface area contributed by atoms with E-state index in [2.05, 4.69) is 62.3 Å². The normalized spacial score (nSPS) is 18.2. The summed E-state index contributed by atoms with van der Waals surface area (Å²) in [7, 11) is 0. The predicted octanol–water partition coefficient (Wildman–Crippen LogP) is 2.63. The molecule has 2 aliphatic rings. The summed E-state index contributed by atoms with van der Waals surface area (Å²) >= 11 is 10.2. The van der Waals surface area contributed by atoms with Gasteiger partial charge in [-0.15, -0.1) is 0 Å². The van der Waals surface area contributed by atoms with Gasteiger partial charge in [0.25, 0.3) is 0 Å². The summed E-state index contributed by atoms with van der Waals surface area (Å²) in [6, 6.07) is 0. The van der Waals surface area contributed by atoms with Crippen LogP contribution in [-0.2, 0) is 0 Å². The number of thiazole rings is 2. The van der Waals surface area contributed by atoms with Crippen LogP contribution in [0.2, 0.25) is 0 Å². The summed E-state index contributed by atoms with van der Waals surface area (Å²) in [6.45, 7) is 8.54. The third-order valence-corrected chi connectivity index (χ3v) is 6.78. The largest absolute Gasteiger partial charge is 0.346 e. The third kappa shape index (κ3) is 5.37. The molecule has 0 aromatic carbocycles. The van der Waals surface area contributed by atoms with Gasteiger partial charge < -0.3 is 20.4 Å². The highest BCUT2D eigenvalue weighted by Gasteiger charge is 2.13. The van der Waals surface area contributed by atoms with Crippen molar-refractivity contribution in [2.45, 2.75) is 0 Å². The van der Waals surface area contributed by atoms with E-state index in [1.54, 1.807) is 22.7 Å². The Morgan fingerprint density at radius 1 is 0.750 bits per heavy atom. The summed E-state index contributed by atoms with van der Waals surface area (Å²) in [5, 5.41) is 8.89. The number of hydrogen-bond donors (Lipinski definition) is 2. The molecule has 2 fully saturated rings. The molecule has 0 unspecified atom stereocenters. The molecule has 2 saturated heterocycles. The SMILES string of the molecule is Brc1cnc(N2CCNCC2)s1.Brc1cnc(N2CCNCC2)s1. The highest BCUT2D eigenvalue weighted by atomic mass is 79.9. The highest BCUT2D eigenvalue weighted by Crippen LogP contribution is 2.27. The lowest BCUT2D eigenvalue weighted by molar-refractivity contribution is 0.588. The smallest absolute Gasteiger partial charge is 0.186 e. The van der Waals surface area contributed by atoms with Crippen LogP contribution in [0.1, 0.15) is 0 Å². The van der Waals surface area contributed by atoms with Crippen LogP contribution in [0.4, 0.5) is 10.3 Å². The Kier molecular flexibility index (Phi) is 7.29. The van der Waals surface area contributed by atoms with Crippen LogP contribution in [0, 0.1) is 0 Å². The molecule has 4 rings (SSSR count). The zero-order valence-electron chi connectivity index (χ0n) is 13.2. The molecular formula is C14H20Br2N6S2. The van der Waals surface area contributed by atoms with Crippen LogP contribution in [0.15, 0.2) is 20.0 Å². The third-order valence-electron chi connectivity index (χ3n) is 3.71. The Labute approximate surface area is 166 Å². The van der Waals surface area contributed by atoms with Gasteiger partial charge in [-0.1, -0.05) is 22.7 Å². The maximum Gasteiger partial charge on any atom is 0.186 e. The van der Waals surface area contributed by atoms with Crippen molar-refractivity contribution in [3.05, 3.63) is 20.0 Å². The second-order valence-corrected chi connectivity index (χ2v) is 10.1. The van der Waals surface area contributed by atoms with E-state index in [4.69, 9.17) is 0 Å². The van der Waals surface area contributed by atoms with Crippen molar-refractivity contribution in [3.8, 4) is 0 Å². The molecule has 2 aromatic rings. The quantitative estimate of drug-likeness (QED) is 0.667. The minimum atomic E-state index is 1.07. The van der Waals surface area contributed by atoms with E-state index in [9.17, 15) is 0 Å². The predicted molar refractivity (Wildman–Crippen MR) is 110 cm³/mol. The van der Waals surface area contributed by atoms with Gasteiger partial charge in [-0.2, -0.15) is 0 Å². The summed E-state index contributed by atoms with van der Waals surface area (Å²) in [5.41, 5.74) is 0. The number of nitrogens with one attached hydrogen (secondary N) is 2. The number of piperazine rings is 2. The van der Waals surface area contributed by atoms with Crippen molar-refractivity contribution in [3.63, 3.8) is 0 Å². The first kappa shape index (κ1) is 18.5. The highest BCUT2D eigenvalue weighted by molar-refractivity contribution is 9.11. The van der Waals surface area contributed by atoms with Crippen LogP contribution >= 0.6 is 54.5 Å². The fourth-order valence-corrected chi connectivity index (χ4v) is 4.96. The first-order chi connectivity index (χ1) is 11.7. The van der Waals surface area contributed by atoms with Gasteiger partial charge in [-0.25, -0.2) is 9.97 Å². The average Bonchev–Trinajstić information content (AvgIpc) is 3.26. The number of hydrogen-bond acceptors (Lipinski definition) is 8. The molecule has 24 heavy (non-hydrogen) atoms. The Morgan fingerprint density at radius 3 is 1.42 bits per heavy atom. The summed E-state index contributed by atoms with van der Waals surface area (Å²) in [4.78, 5) is 13.2. The fraction of sp³-hybridized carbons (Fsp3) is 0.571. The first-order valence-electron chi connectivity index (χ1n) is 7.86. The summed E-state index contributed by atoms with van der Waals surface area (Å²) in [6.07, 6.45) is 3.73. The van der Waals surface area contributed by atoms with Crippen LogP contribution < -0.4 is 20.4 Å². The molecule has 0 amide bonds. The lowest BCUT2D eigenvalue weighted by Crippen LogP contribution is -2.43. The Hall–Kier alpha value is -0.260. The fourth-order valence-electron chi connectivity index (χ4n) is 2.50. The maximum atomic E-state index is 4.31. The molecule has 6 nitrogen and oxygen atoms in total. The minimum Gasteiger partial charge on any atom is -0.346 e. The molecule has 2 aromatic heterocycles. The first-order valence-corrected chi connectivity index (χ1v) is 11.1. The van der Waals surface area contributed by atoms with E-state index < -0.39 is 0 Å². The van der Waals surface area contributed by atoms with E-state index in [1.807, 2.05) is 12.4 Å². The molecule has 0 aliphatic carbocycles. The number of aromatic nitrogens is 2. The monoisotopic (exact) mass is 494 g/mol. The van der Waals surface area contributed by atoms with E-state index in [-0.39, 0.29) is 0 Å². The zero-order chi connectivity index (χ0) is 16.8. The van der Waals surface area contributed by atoms with Crippen LogP contribution in [0.25, 0.3) is 0 Å². The van der Waals surface area contributed by atoms with E-state index in [0.29, 0.717) is 0 Å². The van der Waals surface area contributed by atoms with Gasteiger partial charge in [0.05, 0.1) is 20.0 Å². The molecule has 0 spiro atoms. The molecular weight excluding hydrogens is 476 g/mol. The van der Waals surface area contributed by atoms with Crippen molar-refractivity contribution < 1.29 is 0 Å². The van der Waals surface area contributed by atoms with Crippen LogP contribution in [-0.4, -0.2) is 62.3 Å². The topological polar surface area (TPSA) is 56.3 Å². The number of nitrogens with zero attached hydrogens (tertiary/aromatic N) is 4. The molecule has 132 valence electrons. The van der Waals surface area contributed by atoms with Crippen molar-refractivity contribution >= 4 is 64.8 Å². The Bertz CT molecular complexity index is 568. The van der Waals surface area contributed by atoms with Crippen LogP contribution in [0.5, 0.6) is 0 Å². The van der Waals surface area contributed by atoms with Gasteiger partial charge >= 0.3 is 0 Å². The average molecular weight is 496 g/mol. The van der Waals surface area contributed by atoms with Crippen molar-refractivity contribution in [1.82, 2.24) is 20.6 Å². The van der Waals surface area contributed by atoms with E-state index in [0.717, 1.165) is 70.2 Å². The lowest BCUT2D eigenvalue weighted by atomic mass is 10.4. The molecule has 0 atom stereocenters. The van der Waals surface area contributed by atoms with Crippen molar-refractivity contribution in [2.24, 2.45) is 0 Å². The zero-order valence-corrected chi connectivity index (χ0v) is 18.0. The second-order valence-electron chi connectivity index (χ2n) is 5.37. The molecule has 2 aliphatic heterocycles. The molecule has 2 N–H and O–H groups in total. The second kappa shape index (κ2) is 9.44. The molecule has 10 heteroatoms. The van der Waals surface area contributed by atoms with E-state index in [1.165, 1.54) is 0 Å². The van der Waals surface area contributed by atoms with Gasteiger partial charge in [-0.3, -0.25) is 0 Å². The van der Waals surface area contributed by atoms with Gasteiger partial charge in [-0.05, 0) is 31.9 Å². The Morgan fingerprint density at radius 2 is 1.12 bits per heavy atom. The van der Waals surface area contributed by atoms with E-state index >= 15 is 0 Å². The molecule has 0 radical (unpaired) electrons. The van der Waals surface area contributed by atoms with Crippen molar-refractivity contribution in [2.75, 3.05) is 62.2 Å².